The van der Waals surface area contributed by atoms with E-state index in [2.05, 4.69) is 13.8 Å². The van der Waals surface area contributed by atoms with E-state index in [0.717, 1.165) is 25.7 Å². The van der Waals surface area contributed by atoms with Crippen molar-refractivity contribution in [2.45, 2.75) is 52.0 Å². The molecule has 0 radical (unpaired) electrons. The second kappa shape index (κ2) is 6.18. The predicted octanol–water partition coefficient (Wildman–Crippen LogP) is 2.09. The van der Waals surface area contributed by atoms with Gasteiger partial charge in [0, 0.05) is 24.9 Å². The van der Waals surface area contributed by atoms with Gasteiger partial charge in [0.05, 0.1) is 4.99 Å². The van der Waals surface area contributed by atoms with E-state index >= 15 is 0 Å². The van der Waals surface area contributed by atoms with Crippen LogP contribution in [0.15, 0.2) is 0 Å². The molecule has 1 fully saturated rings. The van der Waals surface area contributed by atoms with Crippen molar-refractivity contribution in [3.63, 3.8) is 0 Å². The summed E-state index contributed by atoms with van der Waals surface area (Å²) in [5.41, 5.74) is 5.50. The van der Waals surface area contributed by atoms with Crippen LogP contribution < -0.4 is 5.73 Å². The second-order valence-electron chi connectivity index (χ2n) is 4.49. The lowest BCUT2D eigenvalue weighted by molar-refractivity contribution is -0.136. The SMILES string of the molecule is CCC(CC)C(=O)N(CCC(N)=S)C1CC1. The van der Waals surface area contributed by atoms with Gasteiger partial charge in [0.2, 0.25) is 5.91 Å². The zero-order valence-electron chi connectivity index (χ0n) is 10.2. The monoisotopic (exact) mass is 242 g/mol. The van der Waals surface area contributed by atoms with Crippen LogP contribution in [0, 0.1) is 5.92 Å². The highest BCUT2D eigenvalue weighted by molar-refractivity contribution is 7.80. The van der Waals surface area contributed by atoms with Crippen molar-refractivity contribution in [2.24, 2.45) is 11.7 Å². The van der Waals surface area contributed by atoms with E-state index in [4.69, 9.17) is 18.0 Å². The fourth-order valence-corrected chi connectivity index (χ4v) is 2.05. The Hall–Kier alpha value is -0.640. The average molecular weight is 242 g/mol. The van der Waals surface area contributed by atoms with Crippen LogP contribution in [0.2, 0.25) is 0 Å². The van der Waals surface area contributed by atoms with Crippen molar-refractivity contribution in [1.29, 1.82) is 0 Å². The Morgan fingerprint density at radius 1 is 1.44 bits per heavy atom. The third-order valence-corrected chi connectivity index (χ3v) is 3.41. The lowest BCUT2D eigenvalue weighted by atomic mass is 10.0. The Bertz CT molecular complexity index is 260. The number of carbonyl (C=O) groups excluding carboxylic acids is 1. The first-order valence-electron chi connectivity index (χ1n) is 6.18. The van der Waals surface area contributed by atoms with Crippen LogP contribution in [0.3, 0.4) is 0 Å². The van der Waals surface area contributed by atoms with E-state index in [-0.39, 0.29) is 5.92 Å². The molecule has 1 saturated carbocycles. The first-order valence-corrected chi connectivity index (χ1v) is 6.59. The van der Waals surface area contributed by atoms with Crippen molar-refractivity contribution in [2.75, 3.05) is 6.54 Å². The van der Waals surface area contributed by atoms with Gasteiger partial charge in [-0.1, -0.05) is 26.1 Å². The van der Waals surface area contributed by atoms with Gasteiger partial charge in [0.1, 0.15) is 0 Å². The zero-order valence-corrected chi connectivity index (χ0v) is 11.1. The second-order valence-corrected chi connectivity index (χ2v) is 5.02. The minimum atomic E-state index is 0.173. The van der Waals surface area contributed by atoms with E-state index in [1.807, 2.05) is 4.90 Å². The van der Waals surface area contributed by atoms with Crippen LogP contribution in [0.5, 0.6) is 0 Å². The summed E-state index contributed by atoms with van der Waals surface area (Å²) in [5, 5.41) is 0. The summed E-state index contributed by atoms with van der Waals surface area (Å²) in [5.74, 6) is 0.468. The fourth-order valence-electron chi connectivity index (χ4n) is 1.96. The minimum absolute atomic E-state index is 0.173. The molecule has 0 aromatic heterocycles. The molecule has 0 aromatic rings. The smallest absolute Gasteiger partial charge is 0.225 e. The standard InChI is InChI=1S/C12H22N2OS/c1-3-9(4-2)12(15)14(10-5-6-10)8-7-11(13)16/h9-10H,3-8H2,1-2H3,(H2,13,16). The fraction of sp³-hybridized carbons (Fsp3) is 0.833. The lowest BCUT2D eigenvalue weighted by Gasteiger charge is -2.26. The maximum Gasteiger partial charge on any atom is 0.225 e. The summed E-state index contributed by atoms with van der Waals surface area (Å²) < 4.78 is 0. The summed E-state index contributed by atoms with van der Waals surface area (Å²) >= 11 is 4.87. The largest absolute Gasteiger partial charge is 0.393 e. The van der Waals surface area contributed by atoms with Crippen LogP contribution in [0.1, 0.15) is 46.0 Å². The van der Waals surface area contributed by atoms with Crippen molar-refractivity contribution in [3.8, 4) is 0 Å². The molecule has 0 unspecified atom stereocenters. The number of carbonyl (C=O) groups is 1. The summed E-state index contributed by atoms with van der Waals surface area (Å²) in [4.78, 5) is 14.7. The number of hydrogen-bond donors (Lipinski definition) is 1. The maximum absolute atomic E-state index is 12.2. The number of hydrogen-bond acceptors (Lipinski definition) is 2. The molecule has 0 atom stereocenters. The van der Waals surface area contributed by atoms with Gasteiger partial charge in [-0.3, -0.25) is 4.79 Å². The van der Waals surface area contributed by atoms with Gasteiger partial charge >= 0.3 is 0 Å². The summed E-state index contributed by atoms with van der Waals surface area (Å²) in [6, 6.07) is 0.461. The molecule has 16 heavy (non-hydrogen) atoms. The molecule has 0 spiro atoms. The quantitative estimate of drug-likeness (QED) is 0.695. The molecule has 1 amide bonds. The van der Waals surface area contributed by atoms with Crippen molar-refractivity contribution >= 4 is 23.1 Å². The minimum Gasteiger partial charge on any atom is -0.393 e. The first-order chi connectivity index (χ1) is 7.60. The third-order valence-electron chi connectivity index (χ3n) is 3.20. The first kappa shape index (κ1) is 13.4. The lowest BCUT2D eigenvalue weighted by Crippen LogP contribution is -2.39. The Morgan fingerprint density at radius 3 is 2.38 bits per heavy atom. The average Bonchev–Trinajstić information content (AvgIpc) is 3.03. The molecule has 0 saturated heterocycles. The molecular weight excluding hydrogens is 220 g/mol. The van der Waals surface area contributed by atoms with E-state index in [1.165, 1.54) is 0 Å². The van der Waals surface area contributed by atoms with Crippen LogP contribution in [0.4, 0.5) is 0 Å². The number of thiocarbonyl (C=S) groups is 1. The molecule has 92 valence electrons. The summed E-state index contributed by atoms with van der Waals surface area (Å²) in [7, 11) is 0. The molecule has 3 nitrogen and oxygen atoms in total. The van der Waals surface area contributed by atoms with E-state index < -0.39 is 0 Å². The van der Waals surface area contributed by atoms with E-state index in [9.17, 15) is 4.79 Å². The Labute approximate surface area is 103 Å². The van der Waals surface area contributed by atoms with Crippen LogP contribution in [-0.2, 0) is 4.79 Å². The van der Waals surface area contributed by atoms with Gasteiger partial charge < -0.3 is 10.6 Å². The number of nitrogens with two attached hydrogens (primary N) is 1. The normalized spacial score (nSPS) is 15.2. The maximum atomic E-state index is 12.2. The van der Waals surface area contributed by atoms with Crippen molar-refractivity contribution in [3.05, 3.63) is 0 Å². The molecule has 1 aliphatic carbocycles. The molecule has 1 aliphatic rings. The molecular formula is C12H22N2OS. The molecule has 0 aromatic carbocycles. The van der Waals surface area contributed by atoms with Crippen LogP contribution in [-0.4, -0.2) is 28.4 Å². The Morgan fingerprint density at radius 2 is 2.00 bits per heavy atom. The summed E-state index contributed by atoms with van der Waals surface area (Å²) in [6.45, 7) is 4.85. The summed E-state index contributed by atoms with van der Waals surface area (Å²) in [6.07, 6.45) is 4.78. The highest BCUT2D eigenvalue weighted by Crippen LogP contribution is 2.29. The zero-order chi connectivity index (χ0) is 12.1. The van der Waals surface area contributed by atoms with E-state index in [0.29, 0.717) is 29.9 Å². The molecule has 4 heteroatoms. The topological polar surface area (TPSA) is 46.3 Å². The number of amides is 1. The van der Waals surface area contributed by atoms with Crippen molar-refractivity contribution < 1.29 is 4.79 Å². The molecule has 0 heterocycles. The predicted molar refractivity (Wildman–Crippen MR) is 70.2 cm³/mol. The van der Waals surface area contributed by atoms with Crippen molar-refractivity contribution in [1.82, 2.24) is 4.90 Å². The molecule has 0 bridgehead atoms. The van der Waals surface area contributed by atoms with Gasteiger partial charge in [-0.2, -0.15) is 0 Å². The van der Waals surface area contributed by atoms with Gasteiger partial charge in [0.15, 0.2) is 0 Å². The van der Waals surface area contributed by atoms with Gasteiger partial charge in [-0.25, -0.2) is 0 Å². The molecule has 2 N–H and O–H groups in total. The Kier molecular flexibility index (Phi) is 5.19. The van der Waals surface area contributed by atoms with Gasteiger partial charge in [0.25, 0.3) is 0 Å². The molecule has 1 rings (SSSR count). The molecule has 0 aliphatic heterocycles. The van der Waals surface area contributed by atoms with Gasteiger partial charge in [-0.05, 0) is 25.7 Å². The van der Waals surface area contributed by atoms with Gasteiger partial charge in [-0.15, -0.1) is 0 Å². The highest BCUT2D eigenvalue weighted by Gasteiger charge is 2.34. The van der Waals surface area contributed by atoms with Crippen LogP contribution in [0.25, 0.3) is 0 Å². The van der Waals surface area contributed by atoms with E-state index in [1.54, 1.807) is 0 Å². The number of nitrogens with zero attached hydrogens (tertiary/aromatic N) is 1. The third kappa shape index (κ3) is 3.74. The van der Waals surface area contributed by atoms with Crippen LogP contribution >= 0.6 is 12.2 Å². The number of rotatable bonds is 7. The Balaban J connectivity index is 2.54. The highest BCUT2D eigenvalue weighted by atomic mass is 32.1.